The van der Waals surface area contributed by atoms with Crippen LogP contribution in [0.5, 0.6) is 5.75 Å². The Hall–Kier alpha value is -2.75. The summed E-state index contributed by atoms with van der Waals surface area (Å²) >= 11 is 0. The number of amides is 1. The Morgan fingerprint density at radius 3 is 2.21 bits per heavy atom. The fourth-order valence-electron chi connectivity index (χ4n) is 1.90. The molecule has 0 aliphatic carbocycles. The number of hydrogen-bond donors (Lipinski definition) is 2. The zero-order chi connectivity index (χ0) is 18.0. The first-order chi connectivity index (χ1) is 11.1. The van der Waals surface area contributed by atoms with Gasteiger partial charge in [-0.25, -0.2) is 8.42 Å². The lowest BCUT2D eigenvalue weighted by Crippen LogP contribution is -2.24. The second kappa shape index (κ2) is 6.40. The van der Waals surface area contributed by atoms with E-state index in [0.29, 0.717) is 0 Å². The third-order valence-electron chi connectivity index (χ3n) is 2.76. The Morgan fingerprint density at radius 2 is 1.67 bits per heavy atom. The number of ether oxygens (including phenoxy) is 1. The number of primary amides is 1. The summed E-state index contributed by atoms with van der Waals surface area (Å²) in [5.74, 6) is -2.27. The predicted molar refractivity (Wildman–Crippen MR) is 78.9 cm³/mol. The predicted octanol–water partition coefficient (Wildman–Crippen LogP) is 2.48. The average molecular weight is 360 g/mol. The largest absolute Gasteiger partial charge is 0.573 e. The van der Waals surface area contributed by atoms with E-state index in [1.807, 2.05) is 0 Å². The van der Waals surface area contributed by atoms with E-state index in [9.17, 15) is 26.4 Å². The molecule has 0 bridgehead atoms. The molecule has 1 amide bonds. The van der Waals surface area contributed by atoms with Crippen LogP contribution in [0.1, 0.15) is 10.4 Å². The average Bonchev–Trinajstić information content (AvgIpc) is 2.45. The van der Waals surface area contributed by atoms with Gasteiger partial charge < -0.3 is 10.5 Å². The van der Waals surface area contributed by atoms with Crippen LogP contribution in [0, 0.1) is 0 Å². The van der Waals surface area contributed by atoms with Gasteiger partial charge in [0.05, 0.1) is 5.56 Å². The van der Waals surface area contributed by atoms with Crippen molar-refractivity contribution in [2.45, 2.75) is 11.3 Å². The van der Waals surface area contributed by atoms with E-state index in [2.05, 4.69) is 9.46 Å². The van der Waals surface area contributed by atoms with E-state index in [0.717, 1.165) is 18.2 Å². The van der Waals surface area contributed by atoms with Crippen molar-refractivity contribution in [3.8, 4) is 5.75 Å². The molecule has 6 nitrogen and oxygen atoms in total. The van der Waals surface area contributed by atoms with Gasteiger partial charge in [0.15, 0.2) is 5.75 Å². The highest BCUT2D eigenvalue weighted by Crippen LogP contribution is 2.33. The van der Waals surface area contributed by atoms with Crippen molar-refractivity contribution in [2.75, 3.05) is 4.72 Å². The van der Waals surface area contributed by atoms with E-state index >= 15 is 0 Å². The number of carbonyl (C=O) groups excluding carboxylic acids is 1. The lowest BCUT2D eigenvalue weighted by atomic mass is 10.2. The van der Waals surface area contributed by atoms with Crippen molar-refractivity contribution < 1.29 is 31.1 Å². The number of anilines is 1. The van der Waals surface area contributed by atoms with Crippen molar-refractivity contribution in [3.05, 3.63) is 54.1 Å². The van der Waals surface area contributed by atoms with E-state index in [4.69, 9.17) is 5.73 Å². The maximum Gasteiger partial charge on any atom is 0.573 e. The first-order valence-corrected chi connectivity index (χ1v) is 7.85. The van der Waals surface area contributed by atoms with Gasteiger partial charge in [-0.05, 0) is 24.3 Å². The van der Waals surface area contributed by atoms with Gasteiger partial charge in [0, 0.05) is 5.69 Å². The topological polar surface area (TPSA) is 98.5 Å². The number of alkyl halides is 3. The maximum absolute atomic E-state index is 12.5. The fourth-order valence-corrected chi connectivity index (χ4v) is 3.29. The third-order valence-corrected chi connectivity index (χ3v) is 4.23. The van der Waals surface area contributed by atoms with Gasteiger partial charge in [-0.15, -0.1) is 13.2 Å². The molecule has 2 aromatic carbocycles. The molecule has 0 fully saturated rings. The number of para-hydroxylation sites is 1. The molecule has 2 aromatic rings. The Balaban J connectivity index is 2.59. The number of sulfonamides is 1. The Kier molecular flexibility index (Phi) is 4.69. The molecule has 0 heterocycles. The summed E-state index contributed by atoms with van der Waals surface area (Å²) in [5, 5.41) is 0. The van der Waals surface area contributed by atoms with Gasteiger partial charge in [-0.1, -0.05) is 24.3 Å². The maximum atomic E-state index is 12.5. The minimum Gasteiger partial charge on any atom is -0.404 e. The third kappa shape index (κ3) is 4.16. The first kappa shape index (κ1) is 17.6. The quantitative estimate of drug-likeness (QED) is 0.856. The number of nitrogens with two attached hydrogens (primary N) is 1. The Bertz CT molecular complexity index is 852. The molecular formula is C14H11F3N2O4S. The van der Waals surface area contributed by atoms with Gasteiger partial charge in [0.25, 0.3) is 10.0 Å². The van der Waals surface area contributed by atoms with Gasteiger partial charge in [0.1, 0.15) is 4.90 Å². The summed E-state index contributed by atoms with van der Waals surface area (Å²) in [5.41, 5.74) is 4.54. The van der Waals surface area contributed by atoms with Crippen molar-refractivity contribution in [1.29, 1.82) is 0 Å². The summed E-state index contributed by atoms with van der Waals surface area (Å²) in [6.07, 6.45) is -5.15. The molecule has 10 heteroatoms. The monoisotopic (exact) mass is 360 g/mol. The highest BCUT2D eigenvalue weighted by Gasteiger charge is 2.36. The van der Waals surface area contributed by atoms with Crippen LogP contribution in [0.15, 0.2) is 53.4 Å². The molecule has 0 aromatic heterocycles. The molecule has 0 aliphatic rings. The molecule has 0 saturated heterocycles. The normalized spacial score (nSPS) is 11.8. The fraction of sp³-hybridized carbons (Fsp3) is 0.0714. The van der Waals surface area contributed by atoms with Crippen LogP contribution in [-0.2, 0) is 10.0 Å². The highest BCUT2D eigenvalue weighted by atomic mass is 32.2. The van der Waals surface area contributed by atoms with Gasteiger partial charge in [-0.2, -0.15) is 0 Å². The number of halogens is 3. The van der Waals surface area contributed by atoms with Crippen LogP contribution < -0.4 is 15.2 Å². The molecule has 0 saturated carbocycles. The summed E-state index contributed by atoms with van der Waals surface area (Å²) in [6.45, 7) is 0. The van der Waals surface area contributed by atoms with Crippen LogP contribution in [0.4, 0.5) is 18.9 Å². The van der Waals surface area contributed by atoms with Crippen molar-refractivity contribution >= 4 is 21.6 Å². The molecule has 0 unspecified atom stereocenters. The number of nitrogens with one attached hydrogen (secondary N) is 1. The Morgan fingerprint density at radius 1 is 1.04 bits per heavy atom. The number of hydrogen-bond acceptors (Lipinski definition) is 4. The molecule has 3 N–H and O–H groups in total. The number of benzene rings is 2. The molecule has 2 rings (SSSR count). The summed E-state index contributed by atoms with van der Waals surface area (Å²) in [6, 6.07) is 10.2. The summed E-state index contributed by atoms with van der Waals surface area (Å²) in [4.78, 5) is 10.4. The number of rotatable bonds is 5. The summed E-state index contributed by atoms with van der Waals surface area (Å²) < 4.78 is 68.3. The van der Waals surface area contributed by atoms with Crippen LogP contribution in [0.2, 0.25) is 0 Å². The van der Waals surface area contributed by atoms with E-state index in [1.165, 1.54) is 24.3 Å². The zero-order valence-corrected chi connectivity index (χ0v) is 12.7. The van der Waals surface area contributed by atoms with Crippen LogP contribution in [0.3, 0.4) is 0 Å². The smallest absolute Gasteiger partial charge is 0.404 e. The summed E-state index contributed by atoms with van der Waals surface area (Å²) in [7, 11) is -4.57. The van der Waals surface area contributed by atoms with Crippen LogP contribution in [0.25, 0.3) is 0 Å². The van der Waals surface area contributed by atoms with E-state index in [-0.39, 0.29) is 5.69 Å². The minimum atomic E-state index is -5.15. The standard InChI is InChI=1S/C14H11F3N2O4S/c15-14(16,17)23-11-8-4-7-10(13(18)20)12(11)24(21,22)19-9-5-2-1-3-6-9/h1-8,19H,(H2,18,20). The molecule has 0 spiro atoms. The zero-order valence-electron chi connectivity index (χ0n) is 11.9. The second-order valence-electron chi connectivity index (χ2n) is 4.52. The number of carbonyl (C=O) groups is 1. The lowest BCUT2D eigenvalue weighted by molar-refractivity contribution is -0.275. The molecular weight excluding hydrogens is 349 g/mol. The molecule has 0 atom stereocenters. The van der Waals surface area contributed by atoms with E-state index < -0.39 is 38.5 Å². The van der Waals surface area contributed by atoms with Crippen molar-refractivity contribution in [2.24, 2.45) is 5.73 Å². The molecule has 128 valence electrons. The van der Waals surface area contributed by atoms with Crippen LogP contribution in [-0.4, -0.2) is 20.7 Å². The molecule has 24 heavy (non-hydrogen) atoms. The van der Waals surface area contributed by atoms with Gasteiger partial charge in [0.2, 0.25) is 5.91 Å². The van der Waals surface area contributed by atoms with Gasteiger partial charge in [-0.3, -0.25) is 9.52 Å². The van der Waals surface area contributed by atoms with Crippen LogP contribution >= 0.6 is 0 Å². The SMILES string of the molecule is NC(=O)c1cccc(OC(F)(F)F)c1S(=O)(=O)Nc1ccccc1. The lowest BCUT2D eigenvalue weighted by Gasteiger charge is -2.16. The first-order valence-electron chi connectivity index (χ1n) is 6.36. The molecule has 0 radical (unpaired) electrons. The van der Waals surface area contributed by atoms with Crippen molar-refractivity contribution in [1.82, 2.24) is 0 Å². The minimum absolute atomic E-state index is 0.0923. The van der Waals surface area contributed by atoms with E-state index in [1.54, 1.807) is 6.07 Å². The Labute approximate surface area is 135 Å². The molecule has 0 aliphatic heterocycles. The van der Waals surface area contributed by atoms with Crippen molar-refractivity contribution in [3.63, 3.8) is 0 Å². The van der Waals surface area contributed by atoms with Gasteiger partial charge >= 0.3 is 6.36 Å². The highest BCUT2D eigenvalue weighted by molar-refractivity contribution is 7.93. The second-order valence-corrected chi connectivity index (χ2v) is 6.14.